The average Bonchev–Trinajstić information content (AvgIpc) is 2.76. The first kappa shape index (κ1) is 12.7. The molecule has 1 heterocycles. The van der Waals surface area contributed by atoms with Crippen molar-refractivity contribution in [1.29, 1.82) is 0 Å². The van der Waals surface area contributed by atoms with Crippen molar-refractivity contribution in [3.8, 4) is 0 Å². The summed E-state index contributed by atoms with van der Waals surface area (Å²) in [5.74, 6) is 0.179. The number of hydrogen-bond acceptors (Lipinski definition) is 2. The number of benzene rings is 1. The van der Waals surface area contributed by atoms with E-state index in [0.29, 0.717) is 0 Å². The van der Waals surface area contributed by atoms with E-state index in [9.17, 15) is 4.79 Å². The number of nitrogens with two attached hydrogens (primary N) is 1. The summed E-state index contributed by atoms with van der Waals surface area (Å²) in [4.78, 5) is 14.6. The van der Waals surface area contributed by atoms with E-state index in [0.717, 1.165) is 51.6 Å². The third kappa shape index (κ3) is 2.39. The minimum absolute atomic E-state index is 0.179. The molecule has 2 aliphatic rings. The smallest absolute Gasteiger partial charge is 0.242 e. The van der Waals surface area contributed by atoms with Crippen LogP contribution >= 0.6 is 0 Å². The van der Waals surface area contributed by atoms with Crippen molar-refractivity contribution in [2.75, 3.05) is 13.1 Å². The number of fused-ring (bicyclic) bond motifs is 1. The van der Waals surface area contributed by atoms with E-state index in [-0.39, 0.29) is 5.91 Å². The molecule has 19 heavy (non-hydrogen) atoms. The SMILES string of the molecule is NC1(C(=O)N2CCc3ccccc3CC2)CCCC1. The number of carbonyl (C=O) groups is 1. The van der Waals surface area contributed by atoms with E-state index >= 15 is 0 Å². The third-order valence-electron chi connectivity index (χ3n) is 4.63. The molecule has 3 nitrogen and oxygen atoms in total. The number of hydrogen-bond donors (Lipinski definition) is 1. The fraction of sp³-hybridized carbons (Fsp3) is 0.562. The molecule has 0 atom stereocenters. The Kier molecular flexibility index (Phi) is 3.31. The molecule has 0 aromatic heterocycles. The second-order valence-electron chi connectivity index (χ2n) is 5.92. The largest absolute Gasteiger partial charge is 0.340 e. The lowest BCUT2D eigenvalue weighted by molar-refractivity contribution is -0.136. The van der Waals surface area contributed by atoms with Gasteiger partial charge in [0.15, 0.2) is 0 Å². The Hall–Kier alpha value is -1.35. The van der Waals surface area contributed by atoms with Gasteiger partial charge in [0, 0.05) is 13.1 Å². The lowest BCUT2D eigenvalue weighted by Crippen LogP contribution is -2.54. The lowest BCUT2D eigenvalue weighted by Gasteiger charge is -2.30. The molecular formula is C16H22N2O. The maximum atomic E-state index is 12.6. The van der Waals surface area contributed by atoms with Gasteiger partial charge in [0.05, 0.1) is 5.54 Å². The number of rotatable bonds is 1. The average molecular weight is 258 g/mol. The summed E-state index contributed by atoms with van der Waals surface area (Å²) in [6.07, 6.45) is 5.81. The summed E-state index contributed by atoms with van der Waals surface area (Å²) >= 11 is 0. The van der Waals surface area contributed by atoms with Crippen molar-refractivity contribution in [2.45, 2.75) is 44.1 Å². The molecule has 0 unspecified atom stereocenters. The molecule has 0 spiro atoms. The van der Waals surface area contributed by atoms with E-state index in [1.54, 1.807) is 0 Å². The molecule has 0 saturated heterocycles. The van der Waals surface area contributed by atoms with Gasteiger partial charge in [-0.3, -0.25) is 4.79 Å². The van der Waals surface area contributed by atoms with Gasteiger partial charge in [-0.15, -0.1) is 0 Å². The Morgan fingerprint density at radius 2 is 1.58 bits per heavy atom. The molecule has 1 fully saturated rings. The minimum Gasteiger partial charge on any atom is -0.340 e. The van der Waals surface area contributed by atoms with Gasteiger partial charge in [-0.1, -0.05) is 37.1 Å². The first-order valence-corrected chi connectivity index (χ1v) is 7.34. The van der Waals surface area contributed by atoms with Gasteiger partial charge in [-0.2, -0.15) is 0 Å². The van der Waals surface area contributed by atoms with Crippen LogP contribution in [0.5, 0.6) is 0 Å². The maximum Gasteiger partial charge on any atom is 0.242 e. The van der Waals surface area contributed by atoms with Crippen LogP contribution in [0.15, 0.2) is 24.3 Å². The van der Waals surface area contributed by atoms with Crippen molar-refractivity contribution in [1.82, 2.24) is 4.90 Å². The van der Waals surface area contributed by atoms with Gasteiger partial charge < -0.3 is 10.6 Å². The lowest BCUT2D eigenvalue weighted by atomic mass is 9.97. The summed E-state index contributed by atoms with van der Waals surface area (Å²) in [6, 6.07) is 8.52. The maximum absolute atomic E-state index is 12.6. The van der Waals surface area contributed by atoms with E-state index in [1.165, 1.54) is 11.1 Å². The monoisotopic (exact) mass is 258 g/mol. The van der Waals surface area contributed by atoms with Crippen LogP contribution in [0.25, 0.3) is 0 Å². The molecule has 1 aliphatic heterocycles. The highest BCUT2D eigenvalue weighted by Crippen LogP contribution is 2.29. The van der Waals surface area contributed by atoms with Crippen LogP contribution < -0.4 is 5.73 Å². The molecular weight excluding hydrogens is 236 g/mol. The van der Waals surface area contributed by atoms with E-state index < -0.39 is 5.54 Å². The van der Waals surface area contributed by atoms with Crippen molar-refractivity contribution in [3.63, 3.8) is 0 Å². The molecule has 1 amide bonds. The molecule has 102 valence electrons. The van der Waals surface area contributed by atoms with Crippen LogP contribution in [-0.2, 0) is 17.6 Å². The van der Waals surface area contributed by atoms with Crippen LogP contribution in [-0.4, -0.2) is 29.4 Å². The zero-order valence-corrected chi connectivity index (χ0v) is 11.4. The molecule has 1 saturated carbocycles. The zero-order valence-electron chi connectivity index (χ0n) is 11.4. The molecule has 3 heteroatoms. The Bertz CT molecular complexity index is 450. The molecule has 0 bridgehead atoms. The molecule has 0 radical (unpaired) electrons. The molecule has 3 rings (SSSR count). The van der Waals surface area contributed by atoms with Crippen LogP contribution in [0.1, 0.15) is 36.8 Å². The Labute approximate surface area is 114 Å². The van der Waals surface area contributed by atoms with Gasteiger partial charge in [-0.25, -0.2) is 0 Å². The van der Waals surface area contributed by atoms with Crippen molar-refractivity contribution >= 4 is 5.91 Å². The third-order valence-corrected chi connectivity index (χ3v) is 4.63. The summed E-state index contributed by atoms with van der Waals surface area (Å²) in [5.41, 5.74) is 8.49. The first-order valence-electron chi connectivity index (χ1n) is 7.34. The van der Waals surface area contributed by atoms with Crippen LogP contribution in [0, 0.1) is 0 Å². The highest BCUT2D eigenvalue weighted by molar-refractivity contribution is 5.86. The minimum atomic E-state index is -0.573. The number of nitrogens with zero attached hydrogens (tertiary/aromatic N) is 1. The predicted octanol–water partition coefficient (Wildman–Crippen LogP) is 1.89. The Balaban J connectivity index is 1.73. The fourth-order valence-corrected chi connectivity index (χ4v) is 3.41. The van der Waals surface area contributed by atoms with Crippen LogP contribution in [0.2, 0.25) is 0 Å². The summed E-state index contributed by atoms with van der Waals surface area (Å²) < 4.78 is 0. The molecule has 1 aliphatic carbocycles. The number of carbonyl (C=O) groups excluding carboxylic acids is 1. The van der Waals surface area contributed by atoms with Gasteiger partial charge in [-0.05, 0) is 36.8 Å². The van der Waals surface area contributed by atoms with E-state index in [2.05, 4.69) is 24.3 Å². The molecule has 1 aromatic carbocycles. The fourth-order valence-electron chi connectivity index (χ4n) is 3.41. The van der Waals surface area contributed by atoms with Gasteiger partial charge in [0.25, 0.3) is 0 Å². The predicted molar refractivity (Wildman–Crippen MR) is 75.8 cm³/mol. The van der Waals surface area contributed by atoms with Gasteiger partial charge in [0.2, 0.25) is 5.91 Å². The first-order chi connectivity index (χ1) is 9.19. The standard InChI is InChI=1S/C16H22N2O/c17-16(9-3-4-10-16)15(19)18-11-7-13-5-1-2-6-14(13)8-12-18/h1-2,5-6H,3-4,7-12,17H2. The van der Waals surface area contributed by atoms with E-state index in [1.807, 2.05) is 4.90 Å². The summed E-state index contributed by atoms with van der Waals surface area (Å²) in [5, 5.41) is 0. The Morgan fingerprint density at radius 1 is 1.05 bits per heavy atom. The van der Waals surface area contributed by atoms with Crippen LogP contribution in [0.4, 0.5) is 0 Å². The topological polar surface area (TPSA) is 46.3 Å². The van der Waals surface area contributed by atoms with Crippen LogP contribution in [0.3, 0.4) is 0 Å². The summed E-state index contributed by atoms with van der Waals surface area (Å²) in [6.45, 7) is 1.63. The Morgan fingerprint density at radius 3 is 2.11 bits per heavy atom. The quantitative estimate of drug-likeness (QED) is 0.836. The highest BCUT2D eigenvalue weighted by atomic mass is 16.2. The molecule has 1 aromatic rings. The zero-order chi connectivity index (χ0) is 13.3. The van der Waals surface area contributed by atoms with E-state index in [4.69, 9.17) is 5.73 Å². The number of amides is 1. The van der Waals surface area contributed by atoms with Gasteiger partial charge in [0.1, 0.15) is 0 Å². The molecule has 2 N–H and O–H groups in total. The highest BCUT2D eigenvalue weighted by Gasteiger charge is 2.39. The summed E-state index contributed by atoms with van der Waals surface area (Å²) in [7, 11) is 0. The van der Waals surface area contributed by atoms with Crippen molar-refractivity contribution in [2.24, 2.45) is 5.73 Å². The normalized spacial score (nSPS) is 21.8. The van der Waals surface area contributed by atoms with Crippen molar-refractivity contribution in [3.05, 3.63) is 35.4 Å². The van der Waals surface area contributed by atoms with Gasteiger partial charge >= 0.3 is 0 Å². The second kappa shape index (κ2) is 4.97. The van der Waals surface area contributed by atoms with Crippen molar-refractivity contribution < 1.29 is 4.79 Å². The second-order valence-corrected chi connectivity index (χ2v) is 5.92.